The topological polar surface area (TPSA) is 85.3 Å². The predicted molar refractivity (Wildman–Crippen MR) is 106 cm³/mol. The number of piperidine rings is 1. The normalized spacial score (nSPS) is 17.2. The first kappa shape index (κ1) is 22.7. The van der Waals surface area contributed by atoms with Crippen LogP contribution in [0.5, 0.6) is 0 Å². The standard InChI is InChI=1S/C17H35N5O3S/c1-6-18-17(20(4)14-16(23)21(7-2)8-3)19-13-15-9-11-22(12-10-15)26(5,24)25/h15H,6-14H2,1-5H3,(H,18,19). The summed E-state index contributed by atoms with van der Waals surface area (Å²) in [5.74, 6) is 1.18. The Morgan fingerprint density at radius 3 is 2.23 bits per heavy atom. The van der Waals surface area contributed by atoms with Crippen molar-refractivity contribution in [1.29, 1.82) is 0 Å². The van der Waals surface area contributed by atoms with Gasteiger partial charge in [-0.1, -0.05) is 0 Å². The zero-order chi connectivity index (χ0) is 19.7. The lowest BCUT2D eigenvalue weighted by atomic mass is 9.98. The van der Waals surface area contributed by atoms with E-state index in [4.69, 9.17) is 0 Å². The highest BCUT2D eigenvalue weighted by Gasteiger charge is 2.25. The molecule has 0 spiro atoms. The Hall–Kier alpha value is -1.35. The van der Waals surface area contributed by atoms with E-state index < -0.39 is 10.0 Å². The highest BCUT2D eigenvalue weighted by atomic mass is 32.2. The third-order valence-electron chi connectivity index (χ3n) is 4.73. The fourth-order valence-corrected chi connectivity index (χ4v) is 3.94. The molecule has 0 aromatic rings. The molecule has 1 N–H and O–H groups in total. The lowest BCUT2D eigenvalue weighted by Crippen LogP contribution is -2.46. The van der Waals surface area contributed by atoms with Crippen molar-refractivity contribution in [2.24, 2.45) is 10.9 Å². The monoisotopic (exact) mass is 389 g/mol. The Bertz CT molecular complexity index is 567. The number of hydrogen-bond acceptors (Lipinski definition) is 4. The summed E-state index contributed by atoms with van der Waals surface area (Å²) >= 11 is 0. The van der Waals surface area contributed by atoms with Crippen LogP contribution in [0.1, 0.15) is 33.6 Å². The fraction of sp³-hybridized carbons (Fsp3) is 0.882. The van der Waals surface area contributed by atoms with Crippen LogP contribution in [0.15, 0.2) is 4.99 Å². The van der Waals surface area contributed by atoms with Gasteiger partial charge in [-0.05, 0) is 39.5 Å². The minimum Gasteiger partial charge on any atom is -0.357 e. The summed E-state index contributed by atoms with van der Waals surface area (Å²) in [4.78, 5) is 20.6. The molecule has 0 radical (unpaired) electrons. The molecule has 0 saturated carbocycles. The summed E-state index contributed by atoms with van der Waals surface area (Å²) in [6, 6.07) is 0. The van der Waals surface area contributed by atoms with Gasteiger partial charge in [0.25, 0.3) is 0 Å². The van der Waals surface area contributed by atoms with Crippen molar-refractivity contribution >= 4 is 21.9 Å². The van der Waals surface area contributed by atoms with E-state index in [9.17, 15) is 13.2 Å². The van der Waals surface area contributed by atoms with Crippen LogP contribution in [0.2, 0.25) is 0 Å². The summed E-state index contributed by atoms with van der Waals surface area (Å²) in [5, 5.41) is 3.23. The van der Waals surface area contributed by atoms with Gasteiger partial charge in [0, 0.05) is 46.3 Å². The molecule has 0 bridgehead atoms. The molecule has 9 heteroatoms. The van der Waals surface area contributed by atoms with E-state index in [2.05, 4.69) is 10.3 Å². The lowest BCUT2D eigenvalue weighted by molar-refractivity contribution is -0.131. The number of carbonyl (C=O) groups is 1. The molecule has 8 nitrogen and oxygen atoms in total. The second kappa shape index (κ2) is 10.7. The third-order valence-corrected chi connectivity index (χ3v) is 6.03. The molecule has 1 aliphatic heterocycles. The van der Waals surface area contributed by atoms with E-state index in [1.54, 1.807) is 4.90 Å². The molecule has 1 heterocycles. The van der Waals surface area contributed by atoms with Crippen molar-refractivity contribution in [3.63, 3.8) is 0 Å². The van der Waals surface area contributed by atoms with E-state index >= 15 is 0 Å². The number of nitrogens with one attached hydrogen (secondary N) is 1. The first-order valence-electron chi connectivity index (χ1n) is 9.45. The highest BCUT2D eigenvalue weighted by molar-refractivity contribution is 7.88. The van der Waals surface area contributed by atoms with Crippen molar-refractivity contribution < 1.29 is 13.2 Å². The highest BCUT2D eigenvalue weighted by Crippen LogP contribution is 2.19. The van der Waals surface area contributed by atoms with E-state index in [0.717, 1.165) is 25.3 Å². The molecule has 1 aliphatic rings. The first-order chi connectivity index (χ1) is 12.2. The molecule has 1 fully saturated rings. The van der Waals surface area contributed by atoms with Crippen LogP contribution in [0.25, 0.3) is 0 Å². The number of rotatable bonds is 8. The molecule has 0 aromatic heterocycles. The fourth-order valence-electron chi connectivity index (χ4n) is 3.06. The van der Waals surface area contributed by atoms with Crippen molar-refractivity contribution in [1.82, 2.24) is 19.4 Å². The molecule has 0 aliphatic carbocycles. The maximum Gasteiger partial charge on any atom is 0.242 e. The van der Waals surface area contributed by atoms with Gasteiger partial charge in [0.05, 0.1) is 12.8 Å². The van der Waals surface area contributed by atoms with Crippen molar-refractivity contribution in [3.8, 4) is 0 Å². The average molecular weight is 390 g/mol. The largest absolute Gasteiger partial charge is 0.357 e. The number of carbonyl (C=O) groups excluding carboxylic acids is 1. The Balaban J connectivity index is 2.62. The summed E-state index contributed by atoms with van der Waals surface area (Å²) in [6.07, 6.45) is 2.90. The first-order valence-corrected chi connectivity index (χ1v) is 11.3. The van der Waals surface area contributed by atoms with Gasteiger partial charge in [-0.15, -0.1) is 0 Å². The van der Waals surface area contributed by atoms with Gasteiger partial charge in [0.2, 0.25) is 15.9 Å². The summed E-state index contributed by atoms with van der Waals surface area (Å²) in [5.41, 5.74) is 0. The molecular weight excluding hydrogens is 354 g/mol. The van der Waals surface area contributed by atoms with Crippen LogP contribution < -0.4 is 5.32 Å². The summed E-state index contributed by atoms with van der Waals surface area (Å²) in [6.45, 7) is 10.1. The van der Waals surface area contributed by atoms with E-state index in [-0.39, 0.29) is 5.91 Å². The van der Waals surface area contributed by atoms with Crippen LogP contribution in [0.3, 0.4) is 0 Å². The van der Waals surface area contributed by atoms with Crippen LogP contribution in [0.4, 0.5) is 0 Å². The third kappa shape index (κ3) is 7.11. The minimum atomic E-state index is -3.09. The quantitative estimate of drug-likeness (QED) is 0.480. The Kier molecular flexibility index (Phi) is 9.35. The second-order valence-electron chi connectivity index (χ2n) is 6.72. The molecule has 0 unspecified atom stereocenters. The molecule has 152 valence electrons. The maximum atomic E-state index is 12.3. The van der Waals surface area contributed by atoms with E-state index in [0.29, 0.717) is 45.2 Å². The van der Waals surface area contributed by atoms with Crippen LogP contribution in [-0.2, 0) is 14.8 Å². The summed E-state index contributed by atoms with van der Waals surface area (Å²) < 4.78 is 24.7. The SMILES string of the molecule is CCNC(=NCC1CCN(S(C)(=O)=O)CC1)N(C)CC(=O)N(CC)CC. The van der Waals surface area contributed by atoms with E-state index in [1.165, 1.54) is 10.6 Å². The molecular formula is C17H35N5O3S. The minimum absolute atomic E-state index is 0.0876. The van der Waals surface area contributed by atoms with Crippen LogP contribution >= 0.6 is 0 Å². The number of nitrogens with zero attached hydrogens (tertiary/aromatic N) is 4. The van der Waals surface area contributed by atoms with Gasteiger partial charge in [-0.2, -0.15) is 0 Å². The zero-order valence-corrected chi connectivity index (χ0v) is 17.7. The van der Waals surface area contributed by atoms with Crippen LogP contribution in [0, 0.1) is 5.92 Å². The van der Waals surface area contributed by atoms with Crippen LogP contribution in [-0.4, -0.2) is 93.5 Å². The Labute approximate surface area is 158 Å². The molecule has 0 aromatic carbocycles. The molecule has 1 rings (SSSR count). The number of sulfonamides is 1. The number of hydrogen-bond donors (Lipinski definition) is 1. The van der Waals surface area contributed by atoms with Gasteiger partial charge in [0.15, 0.2) is 5.96 Å². The predicted octanol–water partition coefficient (Wildman–Crippen LogP) is 0.424. The number of likely N-dealkylation sites (N-methyl/N-ethyl adjacent to an activating group) is 2. The smallest absolute Gasteiger partial charge is 0.242 e. The maximum absolute atomic E-state index is 12.3. The van der Waals surface area contributed by atoms with Gasteiger partial charge in [-0.25, -0.2) is 12.7 Å². The Morgan fingerprint density at radius 2 is 1.77 bits per heavy atom. The molecule has 0 atom stereocenters. The van der Waals surface area contributed by atoms with Crippen molar-refractivity contribution in [2.75, 3.05) is 59.1 Å². The average Bonchev–Trinajstić information content (AvgIpc) is 2.59. The van der Waals surface area contributed by atoms with Crippen molar-refractivity contribution in [2.45, 2.75) is 33.6 Å². The zero-order valence-electron chi connectivity index (χ0n) is 16.9. The number of aliphatic imine (C=N–C) groups is 1. The summed E-state index contributed by atoms with van der Waals surface area (Å²) in [7, 11) is -1.22. The molecule has 1 saturated heterocycles. The number of guanidine groups is 1. The van der Waals surface area contributed by atoms with Gasteiger partial charge < -0.3 is 15.1 Å². The van der Waals surface area contributed by atoms with Gasteiger partial charge in [-0.3, -0.25) is 9.79 Å². The lowest BCUT2D eigenvalue weighted by Gasteiger charge is -2.30. The molecule has 26 heavy (non-hydrogen) atoms. The molecule has 1 amide bonds. The van der Waals surface area contributed by atoms with Gasteiger partial charge in [0.1, 0.15) is 0 Å². The number of amides is 1. The van der Waals surface area contributed by atoms with Crippen molar-refractivity contribution in [3.05, 3.63) is 0 Å². The van der Waals surface area contributed by atoms with Gasteiger partial charge >= 0.3 is 0 Å². The second-order valence-corrected chi connectivity index (χ2v) is 8.70. The van der Waals surface area contributed by atoms with E-state index in [1.807, 2.05) is 32.7 Å². The Morgan fingerprint density at radius 1 is 1.19 bits per heavy atom.